The fraction of sp³-hybridized carbons (Fsp3) is 0.538. The Hall–Kier alpha value is -0.910. The van der Waals surface area contributed by atoms with Crippen molar-refractivity contribution in [2.75, 3.05) is 32.4 Å². The molecule has 1 aromatic carbocycles. The first-order valence-corrected chi connectivity index (χ1v) is 8.17. The largest absolute Gasteiger partial charge is 0.293 e. The molecule has 0 aliphatic carbocycles. The molecular weight excluding hydrogens is 248 g/mol. The van der Waals surface area contributed by atoms with Gasteiger partial charge in [-0.1, -0.05) is 24.3 Å². The van der Waals surface area contributed by atoms with Crippen molar-refractivity contribution in [2.24, 2.45) is 0 Å². The monoisotopic (exact) mass is 266 g/mol. The average Bonchev–Trinajstić information content (AvgIpc) is 2.37. The molecule has 0 radical (unpaired) electrons. The zero-order valence-electron chi connectivity index (χ0n) is 10.5. The quantitative estimate of drug-likeness (QED) is 0.757. The van der Waals surface area contributed by atoms with Gasteiger partial charge in [0.1, 0.15) is 0 Å². The molecule has 1 fully saturated rings. The fourth-order valence-corrected chi connectivity index (χ4v) is 3.84. The molecule has 5 heteroatoms. The molecule has 2 aliphatic heterocycles. The lowest BCUT2D eigenvalue weighted by Gasteiger charge is -2.44. The molecule has 1 aromatic rings. The van der Waals surface area contributed by atoms with Gasteiger partial charge in [-0.05, 0) is 17.5 Å². The molecule has 1 unspecified atom stereocenters. The summed E-state index contributed by atoms with van der Waals surface area (Å²) >= 11 is 0. The molecule has 0 bridgehead atoms. The van der Waals surface area contributed by atoms with Gasteiger partial charge in [0.2, 0.25) is 10.0 Å². The van der Waals surface area contributed by atoms with E-state index < -0.39 is 10.0 Å². The second kappa shape index (κ2) is 4.33. The summed E-state index contributed by atoms with van der Waals surface area (Å²) in [5, 5.41) is 0. The summed E-state index contributed by atoms with van der Waals surface area (Å²) in [6, 6.07) is 8.63. The lowest BCUT2D eigenvalue weighted by molar-refractivity contribution is 0.110. The van der Waals surface area contributed by atoms with Gasteiger partial charge < -0.3 is 0 Å². The van der Waals surface area contributed by atoms with E-state index >= 15 is 0 Å². The fourth-order valence-electron chi connectivity index (χ4n) is 3.01. The van der Waals surface area contributed by atoms with E-state index in [2.05, 4.69) is 23.1 Å². The minimum atomic E-state index is -3.07. The van der Waals surface area contributed by atoms with Crippen LogP contribution in [0.5, 0.6) is 0 Å². The van der Waals surface area contributed by atoms with Gasteiger partial charge in [0.25, 0.3) is 0 Å². The minimum Gasteiger partial charge on any atom is -0.293 e. The summed E-state index contributed by atoms with van der Waals surface area (Å²) in [6.45, 7) is 3.10. The predicted molar refractivity (Wildman–Crippen MR) is 70.9 cm³/mol. The van der Waals surface area contributed by atoms with Gasteiger partial charge in [0.05, 0.1) is 6.26 Å². The van der Waals surface area contributed by atoms with Crippen molar-refractivity contribution in [1.82, 2.24) is 9.21 Å². The van der Waals surface area contributed by atoms with Crippen LogP contribution in [0, 0.1) is 0 Å². The molecule has 4 nitrogen and oxygen atoms in total. The maximum Gasteiger partial charge on any atom is 0.211 e. The van der Waals surface area contributed by atoms with E-state index in [-0.39, 0.29) is 6.04 Å². The van der Waals surface area contributed by atoms with Crippen molar-refractivity contribution < 1.29 is 8.42 Å². The van der Waals surface area contributed by atoms with E-state index in [9.17, 15) is 8.42 Å². The lowest BCUT2D eigenvalue weighted by Crippen LogP contribution is -2.52. The molecular formula is C13H18N2O2S. The highest BCUT2D eigenvalue weighted by atomic mass is 32.2. The normalized spacial score (nSPS) is 25.5. The maximum absolute atomic E-state index is 11.7. The Labute approximate surface area is 108 Å². The molecule has 3 rings (SSSR count). The predicted octanol–water partition coefficient (Wildman–Crippen LogP) is 0.861. The van der Waals surface area contributed by atoms with E-state index in [1.165, 1.54) is 17.4 Å². The van der Waals surface area contributed by atoms with E-state index in [4.69, 9.17) is 0 Å². The van der Waals surface area contributed by atoms with E-state index in [0.29, 0.717) is 13.1 Å². The van der Waals surface area contributed by atoms with Gasteiger partial charge in [-0.25, -0.2) is 8.42 Å². The smallest absolute Gasteiger partial charge is 0.211 e. The number of sulfonamides is 1. The van der Waals surface area contributed by atoms with E-state index in [1.54, 1.807) is 4.31 Å². The van der Waals surface area contributed by atoms with E-state index in [1.807, 2.05) is 6.07 Å². The molecule has 98 valence electrons. The highest BCUT2D eigenvalue weighted by molar-refractivity contribution is 7.88. The summed E-state index contributed by atoms with van der Waals surface area (Å²) in [6.07, 6.45) is 2.38. The van der Waals surface area contributed by atoms with Gasteiger partial charge in [-0.2, -0.15) is 4.31 Å². The standard InChI is InChI=1S/C13H18N2O2S/c1-18(16,17)15-9-8-14-7-6-11-4-2-3-5-12(11)13(14)10-15/h2-5,13H,6-10H2,1H3. The molecule has 0 aromatic heterocycles. The molecule has 18 heavy (non-hydrogen) atoms. The Morgan fingerprint density at radius 2 is 1.94 bits per heavy atom. The Balaban J connectivity index is 1.93. The number of fused-ring (bicyclic) bond motifs is 3. The van der Waals surface area contributed by atoms with Crippen molar-refractivity contribution in [1.29, 1.82) is 0 Å². The first kappa shape index (κ1) is 12.1. The van der Waals surface area contributed by atoms with Gasteiger partial charge >= 0.3 is 0 Å². The van der Waals surface area contributed by atoms with Crippen LogP contribution in [0.15, 0.2) is 24.3 Å². The first-order chi connectivity index (χ1) is 8.55. The van der Waals surface area contributed by atoms with Crippen molar-refractivity contribution >= 4 is 10.0 Å². The molecule has 1 saturated heterocycles. The number of hydrogen-bond acceptors (Lipinski definition) is 3. The molecule has 1 atom stereocenters. The number of rotatable bonds is 1. The van der Waals surface area contributed by atoms with Crippen LogP contribution in [0.25, 0.3) is 0 Å². The summed E-state index contributed by atoms with van der Waals surface area (Å²) in [5.74, 6) is 0. The SMILES string of the molecule is CS(=O)(=O)N1CCN2CCc3ccccc3C2C1. The van der Waals surface area contributed by atoms with Gasteiger partial charge in [-0.3, -0.25) is 4.90 Å². The lowest BCUT2D eigenvalue weighted by atomic mass is 9.91. The first-order valence-electron chi connectivity index (χ1n) is 6.33. The van der Waals surface area contributed by atoms with Crippen LogP contribution < -0.4 is 0 Å². The summed E-state index contributed by atoms with van der Waals surface area (Å²) in [5.41, 5.74) is 2.67. The van der Waals surface area contributed by atoms with Crippen molar-refractivity contribution in [3.63, 3.8) is 0 Å². The Bertz CT molecular complexity index is 556. The van der Waals surface area contributed by atoms with Crippen LogP contribution in [-0.4, -0.2) is 50.1 Å². The molecule has 0 spiro atoms. The highest BCUT2D eigenvalue weighted by Gasteiger charge is 2.35. The van der Waals surface area contributed by atoms with Gasteiger partial charge in [-0.15, -0.1) is 0 Å². The second-order valence-electron chi connectivity index (χ2n) is 5.12. The summed E-state index contributed by atoms with van der Waals surface area (Å²) < 4.78 is 25.0. The minimum absolute atomic E-state index is 0.235. The molecule has 2 heterocycles. The van der Waals surface area contributed by atoms with E-state index in [0.717, 1.165) is 19.5 Å². The maximum atomic E-state index is 11.7. The molecule has 0 amide bonds. The zero-order valence-corrected chi connectivity index (χ0v) is 11.4. The summed E-state index contributed by atoms with van der Waals surface area (Å²) in [4.78, 5) is 2.41. The summed E-state index contributed by atoms with van der Waals surface area (Å²) in [7, 11) is -3.07. The highest BCUT2D eigenvalue weighted by Crippen LogP contribution is 2.32. The second-order valence-corrected chi connectivity index (χ2v) is 7.10. The molecule has 0 N–H and O–H groups in total. The molecule has 2 aliphatic rings. The van der Waals surface area contributed by atoms with Gasteiger partial charge in [0, 0.05) is 32.2 Å². The zero-order chi connectivity index (χ0) is 12.8. The number of piperazine rings is 1. The number of hydrogen-bond donors (Lipinski definition) is 0. The topological polar surface area (TPSA) is 40.6 Å². The van der Waals surface area contributed by atoms with Crippen molar-refractivity contribution in [2.45, 2.75) is 12.5 Å². The van der Waals surface area contributed by atoms with Crippen molar-refractivity contribution in [3.05, 3.63) is 35.4 Å². The molecule has 0 saturated carbocycles. The van der Waals surface area contributed by atoms with Crippen LogP contribution >= 0.6 is 0 Å². The van der Waals surface area contributed by atoms with Crippen molar-refractivity contribution in [3.8, 4) is 0 Å². The Morgan fingerprint density at radius 1 is 1.17 bits per heavy atom. The average molecular weight is 266 g/mol. The third-order valence-corrected chi connectivity index (χ3v) is 5.28. The van der Waals surface area contributed by atoms with Crippen LogP contribution in [0.4, 0.5) is 0 Å². The van der Waals surface area contributed by atoms with Crippen LogP contribution in [-0.2, 0) is 16.4 Å². The number of nitrogens with zero attached hydrogens (tertiary/aromatic N) is 2. The number of benzene rings is 1. The van der Waals surface area contributed by atoms with Gasteiger partial charge in [0.15, 0.2) is 0 Å². The third-order valence-electron chi connectivity index (χ3n) is 4.01. The third kappa shape index (κ3) is 2.06. The van der Waals surface area contributed by atoms with Crippen LogP contribution in [0.2, 0.25) is 0 Å². The Morgan fingerprint density at radius 3 is 2.72 bits per heavy atom. The van der Waals surface area contributed by atoms with Crippen LogP contribution in [0.1, 0.15) is 17.2 Å². The Kier molecular flexibility index (Phi) is 2.92. The van der Waals surface area contributed by atoms with Crippen LogP contribution in [0.3, 0.4) is 0 Å².